The number of nitrogens with zero attached hydrogens (tertiary/aromatic N) is 2. The Hall–Kier alpha value is -2.49. The van der Waals surface area contributed by atoms with Crippen LogP contribution in [-0.2, 0) is 0 Å². The maximum absolute atomic E-state index is 13.3. The van der Waals surface area contributed by atoms with Crippen molar-refractivity contribution >= 4 is 16.7 Å². The smallest absolute Gasteiger partial charge is 0.162 e. The minimum absolute atomic E-state index is 0.238. The molecule has 0 fully saturated rings. The van der Waals surface area contributed by atoms with Gasteiger partial charge in [0.1, 0.15) is 11.6 Å². The van der Waals surface area contributed by atoms with Crippen molar-refractivity contribution < 1.29 is 4.39 Å². The fourth-order valence-electron chi connectivity index (χ4n) is 2.30. The van der Waals surface area contributed by atoms with E-state index in [2.05, 4.69) is 9.97 Å². The summed E-state index contributed by atoms with van der Waals surface area (Å²) in [7, 11) is 0. The van der Waals surface area contributed by atoms with Crippen LogP contribution in [0, 0.1) is 19.7 Å². The molecule has 0 aliphatic carbocycles. The van der Waals surface area contributed by atoms with E-state index in [1.54, 1.807) is 19.1 Å². The maximum atomic E-state index is 13.3. The lowest BCUT2D eigenvalue weighted by atomic mass is 10.1. The van der Waals surface area contributed by atoms with Crippen LogP contribution in [0.4, 0.5) is 10.2 Å². The van der Waals surface area contributed by atoms with Gasteiger partial charge in [0.05, 0.1) is 5.52 Å². The van der Waals surface area contributed by atoms with Crippen LogP contribution in [0.2, 0.25) is 0 Å². The molecule has 2 aromatic carbocycles. The number of fused-ring (bicyclic) bond motifs is 1. The number of nitrogens with two attached hydrogens (primary N) is 1. The van der Waals surface area contributed by atoms with Crippen molar-refractivity contribution in [2.75, 3.05) is 5.73 Å². The number of rotatable bonds is 1. The number of anilines is 1. The van der Waals surface area contributed by atoms with E-state index in [-0.39, 0.29) is 5.82 Å². The zero-order valence-corrected chi connectivity index (χ0v) is 11.3. The van der Waals surface area contributed by atoms with Crippen LogP contribution in [0.5, 0.6) is 0 Å². The Morgan fingerprint density at radius 1 is 1.00 bits per heavy atom. The van der Waals surface area contributed by atoms with Gasteiger partial charge in [0, 0.05) is 10.9 Å². The Labute approximate surface area is 116 Å². The number of aromatic nitrogens is 2. The molecule has 0 spiro atoms. The first-order chi connectivity index (χ1) is 9.56. The summed E-state index contributed by atoms with van der Waals surface area (Å²) >= 11 is 0. The highest BCUT2D eigenvalue weighted by Crippen LogP contribution is 2.26. The molecule has 3 rings (SSSR count). The SMILES string of the molecule is Cc1cc(-c2nc(N)c3c(C)cccc3n2)ccc1F. The first-order valence-corrected chi connectivity index (χ1v) is 6.35. The van der Waals surface area contributed by atoms with E-state index in [1.165, 1.54) is 6.07 Å². The highest BCUT2D eigenvalue weighted by atomic mass is 19.1. The molecule has 0 radical (unpaired) electrons. The van der Waals surface area contributed by atoms with Gasteiger partial charge in [0.15, 0.2) is 5.82 Å². The van der Waals surface area contributed by atoms with E-state index in [0.29, 0.717) is 17.2 Å². The quantitative estimate of drug-likeness (QED) is 0.732. The van der Waals surface area contributed by atoms with E-state index >= 15 is 0 Å². The molecule has 0 saturated heterocycles. The number of nitrogen functional groups attached to an aromatic ring is 1. The molecule has 0 unspecified atom stereocenters. The lowest BCUT2D eigenvalue weighted by Crippen LogP contribution is -1.99. The van der Waals surface area contributed by atoms with Gasteiger partial charge in [-0.1, -0.05) is 12.1 Å². The van der Waals surface area contributed by atoms with Crippen LogP contribution in [0.15, 0.2) is 36.4 Å². The number of hydrogen-bond acceptors (Lipinski definition) is 3. The molecule has 4 heteroatoms. The molecule has 0 aliphatic rings. The topological polar surface area (TPSA) is 51.8 Å². The summed E-state index contributed by atoms with van der Waals surface area (Å²) in [6, 6.07) is 10.6. The van der Waals surface area contributed by atoms with Crippen molar-refractivity contribution in [3.8, 4) is 11.4 Å². The van der Waals surface area contributed by atoms with Gasteiger partial charge in [-0.15, -0.1) is 0 Å². The predicted octanol–water partition coefficient (Wildman–Crippen LogP) is 3.63. The lowest BCUT2D eigenvalue weighted by Gasteiger charge is -2.08. The molecule has 3 aromatic rings. The van der Waals surface area contributed by atoms with Gasteiger partial charge in [-0.3, -0.25) is 0 Å². The van der Waals surface area contributed by atoms with Crippen molar-refractivity contribution in [2.45, 2.75) is 13.8 Å². The van der Waals surface area contributed by atoms with Crippen molar-refractivity contribution in [3.05, 3.63) is 53.3 Å². The lowest BCUT2D eigenvalue weighted by molar-refractivity contribution is 0.618. The second-order valence-electron chi connectivity index (χ2n) is 4.87. The molecule has 0 atom stereocenters. The van der Waals surface area contributed by atoms with Gasteiger partial charge in [-0.05, 0) is 49.2 Å². The molecule has 0 aliphatic heterocycles. The van der Waals surface area contributed by atoms with Crippen LogP contribution in [0.3, 0.4) is 0 Å². The fraction of sp³-hybridized carbons (Fsp3) is 0.125. The summed E-state index contributed by atoms with van der Waals surface area (Å²) in [5, 5.41) is 0.870. The summed E-state index contributed by atoms with van der Waals surface area (Å²) in [5.74, 6) is 0.729. The maximum Gasteiger partial charge on any atom is 0.162 e. The third-order valence-electron chi connectivity index (χ3n) is 3.38. The van der Waals surface area contributed by atoms with Gasteiger partial charge >= 0.3 is 0 Å². The summed E-state index contributed by atoms with van der Waals surface area (Å²) in [5.41, 5.74) is 9.21. The minimum atomic E-state index is -0.238. The Balaban J connectivity index is 2.25. The molecule has 100 valence electrons. The largest absolute Gasteiger partial charge is 0.383 e. The molecule has 20 heavy (non-hydrogen) atoms. The Kier molecular flexibility index (Phi) is 2.86. The molecule has 2 N–H and O–H groups in total. The van der Waals surface area contributed by atoms with Gasteiger partial charge < -0.3 is 5.73 Å². The molecule has 0 amide bonds. The highest BCUT2D eigenvalue weighted by Gasteiger charge is 2.10. The monoisotopic (exact) mass is 267 g/mol. The van der Waals surface area contributed by atoms with Crippen molar-refractivity contribution in [3.63, 3.8) is 0 Å². The summed E-state index contributed by atoms with van der Waals surface area (Å²) in [4.78, 5) is 8.87. The van der Waals surface area contributed by atoms with E-state index in [4.69, 9.17) is 5.73 Å². The van der Waals surface area contributed by atoms with Gasteiger partial charge in [0.25, 0.3) is 0 Å². The van der Waals surface area contributed by atoms with Crippen molar-refractivity contribution in [1.82, 2.24) is 9.97 Å². The normalized spacial score (nSPS) is 10.9. The number of benzene rings is 2. The first kappa shape index (κ1) is 12.5. The zero-order valence-electron chi connectivity index (χ0n) is 11.3. The summed E-state index contributed by atoms with van der Waals surface area (Å²) in [6.45, 7) is 3.69. The second-order valence-corrected chi connectivity index (χ2v) is 4.87. The van der Waals surface area contributed by atoms with E-state index in [1.807, 2.05) is 25.1 Å². The number of hydrogen-bond donors (Lipinski definition) is 1. The summed E-state index contributed by atoms with van der Waals surface area (Å²) in [6.07, 6.45) is 0. The minimum Gasteiger partial charge on any atom is -0.383 e. The Morgan fingerprint density at radius 3 is 2.55 bits per heavy atom. The van der Waals surface area contributed by atoms with Gasteiger partial charge in [-0.2, -0.15) is 0 Å². The van der Waals surface area contributed by atoms with Crippen LogP contribution >= 0.6 is 0 Å². The van der Waals surface area contributed by atoms with Crippen LogP contribution < -0.4 is 5.73 Å². The standard InChI is InChI=1S/C16H14FN3/c1-9-4-3-5-13-14(9)15(18)20-16(19-13)11-6-7-12(17)10(2)8-11/h3-8H,1-2H3,(H2,18,19,20). The second kappa shape index (κ2) is 4.56. The van der Waals surface area contributed by atoms with E-state index in [9.17, 15) is 4.39 Å². The van der Waals surface area contributed by atoms with Crippen LogP contribution in [0.1, 0.15) is 11.1 Å². The third-order valence-corrected chi connectivity index (χ3v) is 3.38. The molecule has 0 saturated carbocycles. The molecule has 0 bridgehead atoms. The molecular weight excluding hydrogens is 253 g/mol. The van der Waals surface area contributed by atoms with E-state index in [0.717, 1.165) is 22.0 Å². The van der Waals surface area contributed by atoms with Crippen molar-refractivity contribution in [1.29, 1.82) is 0 Å². The van der Waals surface area contributed by atoms with Crippen molar-refractivity contribution in [2.24, 2.45) is 0 Å². The molecular formula is C16H14FN3. The van der Waals surface area contributed by atoms with Crippen LogP contribution in [-0.4, -0.2) is 9.97 Å². The zero-order chi connectivity index (χ0) is 14.3. The fourth-order valence-corrected chi connectivity index (χ4v) is 2.30. The predicted molar refractivity (Wildman–Crippen MR) is 78.8 cm³/mol. The first-order valence-electron chi connectivity index (χ1n) is 6.35. The van der Waals surface area contributed by atoms with Gasteiger partial charge in [0.2, 0.25) is 0 Å². The third kappa shape index (κ3) is 1.99. The van der Waals surface area contributed by atoms with E-state index < -0.39 is 0 Å². The molecule has 1 heterocycles. The summed E-state index contributed by atoms with van der Waals surface area (Å²) < 4.78 is 13.3. The molecule has 1 aromatic heterocycles. The Morgan fingerprint density at radius 2 is 1.80 bits per heavy atom. The van der Waals surface area contributed by atoms with Gasteiger partial charge in [-0.25, -0.2) is 14.4 Å². The Bertz CT molecular complexity index is 812. The number of aryl methyl sites for hydroxylation is 2. The number of halogens is 1. The highest BCUT2D eigenvalue weighted by molar-refractivity contribution is 5.92. The van der Waals surface area contributed by atoms with Crippen LogP contribution in [0.25, 0.3) is 22.3 Å². The average Bonchev–Trinajstić information content (AvgIpc) is 2.41. The average molecular weight is 267 g/mol. The molecule has 3 nitrogen and oxygen atoms in total.